The molecule has 4 aromatic rings. The SMILES string of the molecule is CCOC(=O)c1oc2ccccc2c1CSc1n[nH]c(-c2ccc(OC)cc2)n1. The minimum Gasteiger partial charge on any atom is -0.497 e. The third kappa shape index (κ3) is 3.97. The van der Waals surface area contributed by atoms with E-state index in [1.807, 2.05) is 48.5 Å². The standard InChI is InChI=1S/C21H19N3O4S/c1-3-27-20(25)18-16(15-6-4-5-7-17(15)28-18)12-29-21-22-19(23-24-21)13-8-10-14(26-2)11-9-13/h4-11H,3,12H2,1-2H3,(H,22,23,24). The van der Waals surface area contributed by atoms with E-state index in [9.17, 15) is 4.79 Å². The molecule has 8 heteroatoms. The van der Waals surface area contributed by atoms with Gasteiger partial charge in [-0.25, -0.2) is 9.78 Å². The number of fused-ring (bicyclic) bond motifs is 1. The van der Waals surface area contributed by atoms with Crippen LogP contribution < -0.4 is 4.74 Å². The van der Waals surface area contributed by atoms with Gasteiger partial charge in [0.15, 0.2) is 5.82 Å². The van der Waals surface area contributed by atoms with Crippen LogP contribution >= 0.6 is 11.8 Å². The molecule has 0 aliphatic rings. The molecule has 1 N–H and O–H groups in total. The number of carbonyl (C=O) groups excluding carboxylic acids is 1. The Morgan fingerprint density at radius 3 is 2.72 bits per heavy atom. The second-order valence-electron chi connectivity index (χ2n) is 6.11. The smallest absolute Gasteiger partial charge is 0.374 e. The fourth-order valence-electron chi connectivity index (χ4n) is 2.93. The fourth-order valence-corrected chi connectivity index (χ4v) is 3.76. The number of aromatic amines is 1. The molecule has 0 radical (unpaired) electrons. The van der Waals surface area contributed by atoms with E-state index in [0.29, 0.717) is 22.3 Å². The maximum Gasteiger partial charge on any atom is 0.374 e. The number of nitrogens with one attached hydrogen (secondary N) is 1. The Hall–Kier alpha value is -3.26. The van der Waals surface area contributed by atoms with Crippen LogP contribution in [-0.2, 0) is 10.5 Å². The number of methoxy groups -OCH3 is 1. The number of hydrogen-bond donors (Lipinski definition) is 1. The van der Waals surface area contributed by atoms with E-state index in [0.717, 1.165) is 22.3 Å². The van der Waals surface area contributed by atoms with Crippen molar-refractivity contribution in [1.29, 1.82) is 0 Å². The van der Waals surface area contributed by atoms with Gasteiger partial charge in [-0.3, -0.25) is 5.10 Å². The van der Waals surface area contributed by atoms with Gasteiger partial charge < -0.3 is 13.9 Å². The van der Waals surface area contributed by atoms with Crippen LogP contribution in [0.2, 0.25) is 0 Å². The molecule has 0 aliphatic heterocycles. The number of para-hydroxylation sites is 1. The van der Waals surface area contributed by atoms with Crippen LogP contribution in [-0.4, -0.2) is 34.9 Å². The molecule has 148 valence electrons. The van der Waals surface area contributed by atoms with Crippen LogP contribution in [0.25, 0.3) is 22.4 Å². The Balaban J connectivity index is 1.56. The molecule has 0 unspecified atom stereocenters. The number of ether oxygens (including phenoxy) is 2. The molecular weight excluding hydrogens is 390 g/mol. The Morgan fingerprint density at radius 2 is 1.97 bits per heavy atom. The van der Waals surface area contributed by atoms with E-state index >= 15 is 0 Å². The molecule has 2 aromatic carbocycles. The van der Waals surface area contributed by atoms with Gasteiger partial charge in [0.2, 0.25) is 10.9 Å². The average Bonchev–Trinajstić information content (AvgIpc) is 3.37. The number of benzene rings is 2. The summed E-state index contributed by atoms with van der Waals surface area (Å²) in [7, 11) is 1.63. The van der Waals surface area contributed by atoms with Gasteiger partial charge in [-0.2, -0.15) is 0 Å². The molecule has 0 saturated heterocycles. The van der Waals surface area contributed by atoms with E-state index in [4.69, 9.17) is 13.9 Å². The van der Waals surface area contributed by atoms with Crippen LogP contribution in [0.3, 0.4) is 0 Å². The van der Waals surface area contributed by atoms with Gasteiger partial charge >= 0.3 is 5.97 Å². The van der Waals surface area contributed by atoms with Crippen LogP contribution in [0.1, 0.15) is 23.0 Å². The van der Waals surface area contributed by atoms with Crippen molar-refractivity contribution < 1.29 is 18.7 Å². The average molecular weight is 409 g/mol. The summed E-state index contributed by atoms with van der Waals surface area (Å²) in [6.07, 6.45) is 0. The van der Waals surface area contributed by atoms with Crippen LogP contribution in [0.5, 0.6) is 5.75 Å². The second-order valence-corrected chi connectivity index (χ2v) is 7.05. The number of esters is 1. The lowest BCUT2D eigenvalue weighted by Gasteiger charge is -2.02. The van der Waals surface area contributed by atoms with Crippen molar-refractivity contribution in [3.63, 3.8) is 0 Å². The minimum atomic E-state index is -0.465. The first kappa shape index (κ1) is 19.1. The summed E-state index contributed by atoms with van der Waals surface area (Å²) in [4.78, 5) is 16.9. The number of aromatic nitrogens is 3. The van der Waals surface area contributed by atoms with Gasteiger partial charge in [-0.1, -0.05) is 30.0 Å². The Kier molecular flexibility index (Phi) is 5.53. The number of carbonyl (C=O) groups is 1. The summed E-state index contributed by atoms with van der Waals surface area (Å²) in [5, 5.41) is 8.68. The van der Waals surface area contributed by atoms with Crippen LogP contribution in [0.15, 0.2) is 58.1 Å². The molecule has 7 nitrogen and oxygen atoms in total. The Bertz CT molecular complexity index is 1130. The van der Waals surface area contributed by atoms with Gasteiger partial charge in [0, 0.05) is 22.3 Å². The van der Waals surface area contributed by atoms with Crippen molar-refractivity contribution in [2.75, 3.05) is 13.7 Å². The molecule has 29 heavy (non-hydrogen) atoms. The van der Waals surface area contributed by atoms with Crippen molar-refractivity contribution in [3.8, 4) is 17.1 Å². The zero-order valence-electron chi connectivity index (χ0n) is 16.0. The van der Waals surface area contributed by atoms with E-state index in [-0.39, 0.29) is 12.4 Å². The van der Waals surface area contributed by atoms with Crippen molar-refractivity contribution in [1.82, 2.24) is 15.2 Å². The van der Waals surface area contributed by atoms with Gasteiger partial charge in [0.05, 0.1) is 13.7 Å². The zero-order valence-corrected chi connectivity index (χ0v) is 16.8. The van der Waals surface area contributed by atoms with Gasteiger partial charge in [0.1, 0.15) is 11.3 Å². The topological polar surface area (TPSA) is 90.2 Å². The highest BCUT2D eigenvalue weighted by atomic mass is 32.2. The highest BCUT2D eigenvalue weighted by Crippen LogP contribution is 2.32. The number of furan rings is 1. The summed E-state index contributed by atoms with van der Waals surface area (Å²) in [5.41, 5.74) is 2.34. The lowest BCUT2D eigenvalue weighted by Crippen LogP contribution is -2.05. The molecule has 2 aromatic heterocycles. The monoisotopic (exact) mass is 409 g/mol. The molecule has 0 fully saturated rings. The summed E-state index contributed by atoms with van der Waals surface area (Å²) in [5.74, 6) is 1.68. The Morgan fingerprint density at radius 1 is 1.17 bits per heavy atom. The van der Waals surface area contributed by atoms with Crippen molar-refractivity contribution in [3.05, 3.63) is 59.9 Å². The number of thioether (sulfide) groups is 1. The maximum absolute atomic E-state index is 12.3. The highest BCUT2D eigenvalue weighted by Gasteiger charge is 2.22. The first-order valence-electron chi connectivity index (χ1n) is 9.06. The largest absolute Gasteiger partial charge is 0.497 e. The number of nitrogens with zero attached hydrogens (tertiary/aromatic N) is 2. The summed E-state index contributed by atoms with van der Waals surface area (Å²) in [6.45, 7) is 2.05. The summed E-state index contributed by atoms with van der Waals surface area (Å²) < 4.78 is 16.1. The molecule has 0 bridgehead atoms. The summed E-state index contributed by atoms with van der Waals surface area (Å²) in [6, 6.07) is 15.1. The molecule has 2 heterocycles. The molecule has 4 rings (SSSR count). The molecule has 0 saturated carbocycles. The lowest BCUT2D eigenvalue weighted by molar-refractivity contribution is 0.0491. The minimum absolute atomic E-state index is 0.228. The quantitative estimate of drug-likeness (QED) is 0.350. The molecule has 0 atom stereocenters. The van der Waals surface area contributed by atoms with Crippen LogP contribution in [0.4, 0.5) is 0 Å². The fraction of sp³-hybridized carbons (Fsp3) is 0.190. The van der Waals surface area contributed by atoms with E-state index in [1.165, 1.54) is 11.8 Å². The highest BCUT2D eigenvalue weighted by molar-refractivity contribution is 7.98. The Labute approximate surface area is 171 Å². The zero-order chi connectivity index (χ0) is 20.2. The third-order valence-corrected chi connectivity index (χ3v) is 5.21. The van der Waals surface area contributed by atoms with Gasteiger partial charge in [0.25, 0.3) is 0 Å². The molecular formula is C21H19N3O4S. The van der Waals surface area contributed by atoms with E-state index in [2.05, 4.69) is 15.2 Å². The molecule has 0 aliphatic carbocycles. The summed E-state index contributed by atoms with van der Waals surface area (Å²) >= 11 is 1.42. The maximum atomic E-state index is 12.3. The lowest BCUT2D eigenvalue weighted by atomic mass is 10.1. The van der Waals surface area contributed by atoms with Crippen LogP contribution in [0, 0.1) is 0 Å². The van der Waals surface area contributed by atoms with E-state index in [1.54, 1.807) is 14.0 Å². The first-order valence-corrected chi connectivity index (χ1v) is 10.0. The van der Waals surface area contributed by atoms with Crippen molar-refractivity contribution in [2.24, 2.45) is 0 Å². The van der Waals surface area contributed by atoms with Gasteiger partial charge in [-0.05, 0) is 37.3 Å². The predicted octanol–water partition coefficient (Wildman–Crippen LogP) is 4.70. The molecule has 0 amide bonds. The van der Waals surface area contributed by atoms with Gasteiger partial charge in [-0.15, -0.1) is 5.10 Å². The van der Waals surface area contributed by atoms with E-state index < -0.39 is 5.97 Å². The van der Waals surface area contributed by atoms with Crippen molar-refractivity contribution in [2.45, 2.75) is 17.8 Å². The second kappa shape index (κ2) is 8.40. The predicted molar refractivity (Wildman–Crippen MR) is 110 cm³/mol. The number of rotatable bonds is 7. The number of hydrogen-bond acceptors (Lipinski definition) is 7. The third-order valence-electron chi connectivity index (χ3n) is 4.33. The number of H-pyrrole nitrogens is 1. The molecule has 0 spiro atoms. The first-order chi connectivity index (χ1) is 14.2. The normalized spacial score (nSPS) is 11.0. The van der Waals surface area contributed by atoms with Crippen molar-refractivity contribution >= 4 is 28.7 Å².